The molecule has 168 valence electrons. The number of carboxylic acid groups (broad SMARTS) is 1. The molecule has 1 aliphatic carbocycles. The molecular formula is C23H28N6O3. The van der Waals surface area contributed by atoms with Gasteiger partial charge < -0.3 is 15.0 Å². The second kappa shape index (κ2) is 8.37. The van der Waals surface area contributed by atoms with E-state index in [1.54, 1.807) is 10.9 Å². The predicted octanol–water partition coefficient (Wildman–Crippen LogP) is 3.04. The van der Waals surface area contributed by atoms with Gasteiger partial charge >= 0.3 is 5.97 Å². The van der Waals surface area contributed by atoms with Crippen LogP contribution < -0.4 is 0 Å². The number of nitrogens with one attached hydrogen (secondary N) is 1. The Kier molecular flexibility index (Phi) is 5.40. The molecule has 1 atom stereocenters. The second-order valence-electron chi connectivity index (χ2n) is 9.17. The number of aromatic amines is 1. The first-order valence-corrected chi connectivity index (χ1v) is 11.4. The number of aromatic nitrogens is 5. The van der Waals surface area contributed by atoms with Gasteiger partial charge in [0, 0.05) is 30.7 Å². The quantitative estimate of drug-likeness (QED) is 0.613. The lowest BCUT2D eigenvalue weighted by Gasteiger charge is -2.32. The summed E-state index contributed by atoms with van der Waals surface area (Å²) >= 11 is 0. The Balaban J connectivity index is 1.28. The van der Waals surface area contributed by atoms with Crippen molar-refractivity contribution in [3.63, 3.8) is 0 Å². The third-order valence-electron chi connectivity index (χ3n) is 7.03. The van der Waals surface area contributed by atoms with Gasteiger partial charge in [0.1, 0.15) is 11.3 Å². The summed E-state index contributed by atoms with van der Waals surface area (Å²) < 4.78 is 1.76. The van der Waals surface area contributed by atoms with Gasteiger partial charge in [0.25, 0.3) is 5.91 Å². The predicted molar refractivity (Wildman–Crippen MR) is 117 cm³/mol. The molecule has 9 heteroatoms. The molecule has 1 amide bonds. The lowest BCUT2D eigenvalue weighted by atomic mass is 9.71. The van der Waals surface area contributed by atoms with Crippen LogP contribution in [0.3, 0.4) is 0 Å². The lowest BCUT2D eigenvalue weighted by Crippen LogP contribution is -2.38. The molecule has 1 aliphatic heterocycles. The van der Waals surface area contributed by atoms with Gasteiger partial charge in [0.05, 0.1) is 23.7 Å². The Labute approximate surface area is 185 Å². The van der Waals surface area contributed by atoms with Crippen molar-refractivity contribution in [1.82, 2.24) is 29.9 Å². The largest absolute Gasteiger partial charge is 0.481 e. The van der Waals surface area contributed by atoms with Crippen LogP contribution in [0.15, 0.2) is 30.6 Å². The number of pyridine rings is 1. The van der Waals surface area contributed by atoms with Gasteiger partial charge in [-0.3, -0.25) is 14.3 Å². The molecule has 3 aromatic heterocycles. The van der Waals surface area contributed by atoms with Gasteiger partial charge in [0.15, 0.2) is 0 Å². The number of amides is 1. The average molecular weight is 437 g/mol. The third-order valence-corrected chi connectivity index (χ3v) is 7.03. The van der Waals surface area contributed by atoms with E-state index >= 15 is 0 Å². The summed E-state index contributed by atoms with van der Waals surface area (Å²) in [5, 5.41) is 19.3. The lowest BCUT2D eigenvalue weighted by molar-refractivity contribution is -0.151. The topological polar surface area (TPSA) is 117 Å². The molecule has 2 N–H and O–H groups in total. The minimum absolute atomic E-state index is 0.0273. The molecular weight excluding hydrogens is 408 g/mol. The molecule has 0 aromatic carbocycles. The number of H-pyrrole nitrogens is 1. The number of hydrogen-bond donors (Lipinski definition) is 2. The molecule has 3 aromatic rings. The van der Waals surface area contributed by atoms with E-state index in [2.05, 4.69) is 20.3 Å². The van der Waals surface area contributed by atoms with Crippen LogP contribution >= 0.6 is 0 Å². The van der Waals surface area contributed by atoms with E-state index in [4.69, 9.17) is 0 Å². The van der Waals surface area contributed by atoms with E-state index in [1.165, 1.54) is 0 Å². The second-order valence-corrected chi connectivity index (χ2v) is 9.17. The van der Waals surface area contributed by atoms with Crippen LogP contribution in [0.1, 0.15) is 61.1 Å². The highest BCUT2D eigenvalue weighted by atomic mass is 16.4. The van der Waals surface area contributed by atoms with E-state index in [-0.39, 0.29) is 11.9 Å². The first kappa shape index (κ1) is 20.7. The molecule has 9 nitrogen and oxygen atoms in total. The fourth-order valence-corrected chi connectivity index (χ4v) is 5.29. The highest BCUT2D eigenvalue weighted by Crippen LogP contribution is 2.39. The molecule has 1 saturated carbocycles. The van der Waals surface area contributed by atoms with Gasteiger partial charge in [-0.15, -0.1) is 5.10 Å². The number of carboxylic acids is 1. The summed E-state index contributed by atoms with van der Waals surface area (Å²) in [6, 6.07) is 5.67. The first-order valence-electron chi connectivity index (χ1n) is 11.4. The summed E-state index contributed by atoms with van der Waals surface area (Å²) in [6.45, 7) is 1.26. The minimum Gasteiger partial charge on any atom is -0.481 e. The fraction of sp³-hybridized carbons (Fsp3) is 0.522. The number of aliphatic carboxylic acids is 1. The Bertz CT molecular complexity index is 1100. The molecule has 2 fully saturated rings. The number of fused-ring (bicyclic) bond motifs is 1. The third kappa shape index (κ3) is 3.87. The van der Waals surface area contributed by atoms with E-state index in [0.717, 1.165) is 37.5 Å². The number of hydrogen-bond acceptors (Lipinski definition) is 5. The van der Waals surface area contributed by atoms with Gasteiger partial charge in [-0.05, 0) is 43.9 Å². The van der Waals surface area contributed by atoms with E-state index in [1.807, 2.05) is 29.3 Å². The zero-order valence-electron chi connectivity index (χ0n) is 18.0. The van der Waals surface area contributed by atoms with Gasteiger partial charge in [0.2, 0.25) is 0 Å². The summed E-state index contributed by atoms with van der Waals surface area (Å²) in [4.78, 5) is 34.4. The molecule has 32 heavy (non-hydrogen) atoms. The van der Waals surface area contributed by atoms with Crippen molar-refractivity contribution < 1.29 is 14.7 Å². The summed E-state index contributed by atoms with van der Waals surface area (Å²) in [6.07, 6.45) is 10.2. The zero-order chi connectivity index (χ0) is 22.1. The number of likely N-dealkylation sites (tertiary alicyclic amines) is 1. The van der Waals surface area contributed by atoms with Crippen LogP contribution in [0.4, 0.5) is 0 Å². The number of nitrogens with zero attached hydrogens (tertiary/aromatic N) is 5. The number of carbonyl (C=O) groups excluding carboxylic acids is 1. The van der Waals surface area contributed by atoms with Crippen LogP contribution in [-0.4, -0.2) is 59.4 Å². The van der Waals surface area contributed by atoms with Crippen molar-refractivity contribution in [2.24, 2.45) is 5.41 Å². The molecule has 0 spiro atoms. The SMILES string of the molecule is O=C(c1cc2cccnc2[nH]1)N1CCC[C@H]1Cn1cc(CC2(C(=O)O)CCCCC2)nn1. The van der Waals surface area contributed by atoms with Crippen LogP contribution in [0.25, 0.3) is 11.0 Å². The maximum Gasteiger partial charge on any atom is 0.310 e. The monoisotopic (exact) mass is 436 g/mol. The van der Waals surface area contributed by atoms with Gasteiger partial charge in [-0.1, -0.05) is 24.5 Å². The van der Waals surface area contributed by atoms with Crippen molar-refractivity contribution >= 4 is 22.9 Å². The van der Waals surface area contributed by atoms with Crippen LogP contribution in [0.5, 0.6) is 0 Å². The minimum atomic E-state index is -0.730. The molecule has 5 rings (SSSR count). The molecule has 2 aliphatic rings. The highest BCUT2D eigenvalue weighted by Gasteiger charge is 2.40. The average Bonchev–Trinajstić information content (AvgIpc) is 3.54. The first-order chi connectivity index (χ1) is 15.5. The number of rotatable bonds is 6. The normalized spacial score (nSPS) is 20.6. The maximum absolute atomic E-state index is 13.2. The van der Waals surface area contributed by atoms with Crippen LogP contribution in [0.2, 0.25) is 0 Å². The Morgan fingerprint density at radius 3 is 2.84 bits per heavy atom. The maximum atomic E-state index is 13.2. The molecule has 0 unspecified atom stereocenters. The molecule has 0 radical (unpaired) electrons. The Morgan fingerprint density at radius 2 is 2.06 bits per heavy atom. The van der Waals surface area contributed by atoms with Gasteiger partial charge in [-0.25, -0.2) is 4.98 Å². The summed E-state index contributed by atoms with van der Waals surface area (Å²) in [5.41, 5.74) is 1.25. The molecule has 0 bridgehead atoms. The Morgan fingerprint density at radius 1 is 1.22 bits per heavy atom. The summed E-state index contributed by atoms with van der Waals surface area (Å²) in [5.74, 6) is -0.759. The van der Waals surface area contributed by atoms with Crippen molar-refractivity contribution in [2.45, 2.75) is 64.0 Å². The smallest absolute Gasteiger partial charge is 0.310 e. The summed E-state index contributed by atoms with van der Waals surface area (Å²) in [7, 11) is 0. The van der Waals surface area contributed by atoms with Crippen molar-refractivity contribution in [1.29, 1.82) is 0 Å². The van der Waals surface area contributed by atoms with Crippen molar-refractivity contribution in [2.75, 3.05) is 6.54 Å². The number of carbonyl (C=O) groups is 2. The fourth-order valence-electron chi connectivity index (χ4n) is 5.29. The van der Waals surface area contributed by atoms with Crippen molar-refractivity contribution in [3.8, 4) is 0 Å². The Hall–Kier alpha value is -3.23. The van der Waals surface area contributed by atoms with E-state index in [0.29, 0.717) is 49.4 Å². The van der Waals surface area contributed by atoms with E-state index in [9.17, 15) is 14.7 Å². The van der Waals surface area contributed by atoms with Gasteiger partial charge in [-0.2, -0.15) is 0 Å². The van der Waals surface area contributed by atoms with Crippen LogP contribution in [-0.2, 0) is 17.8 Å². The highest BCUT2D eigenvalue weighted by molar-refractivity contribution is 5.97. The molecule has 4 heterocycles. The zero-order valence-corrected chi connectivity index (χ0v) is 18.0. The van der Waals surface area contributed by atoms with Crippen LogP contribution in [0, 0.1) is 5.41 Å². The van der Waals surface area contributed by atoms with Crippen molar-refractivity contribution in [3.05, 3.63) is 42.0 Å². The standard InChI is InChI=1S/C23H28N6O3/c30-21(19-12-16-6-4-10-24-20(16)25-19)29-11-5-7-18(29)15-28-14-17(26-27-28)13-23(22(31)32)8-2-1-3-9-23/h4,6,10,12,14,18H,1-3,5,7-9,11,13,15H2,(H,24,25)(H,31,32)/t18-/m0/s1. The van der Waals surface area contributed by atoms with E-state index < -0.39 is 11.4 Å². The molecule has 1 saturated heterocycles.